The molecule has 2 aliphatic heterocycles. The standard InChI is InChI=1S/C28H31N7O3/c1-2-21(18-24(3-1)38-17-10-34-8-13-36-14-9-34)26-27-22(6-7-29-26)19-31-28(33-27)32-23-4-5-25(30-20-23)35-11-15-37-16-12-35/h1-7,18-20H,8-17H2,(H,31,32,33). The summed E-state index contributed by atoms with van der Waals surface area (Å²) in [6.45, 7) is 8.15. The molecule has 2 aliphatic rings. The third kappa shape index (κ3) is 5.83. The Labute approximate surface area is 221 Å². The van der Waals surface area contributed by atoms with Gasteiger partial charge in [-0.2, -0.15) is 0 Å². The molecule has 0 bridgehead atoms. The van der Waals surface area contributed by atoms with Gasteiger partial charge in [-0.1, -0.05) is 12.1 Å². The lowest BCUT2D eigenvalue weighted by molar-refractivity contribution is 0.0322. The van der Waals surface area contributed by atoms with Crippen molar-refractivity contribution in [2.24, 2.45) is 0 Å². The van der Waals surface area contributed by atoms with Crippen molar-refractivity contribution in [1.82, 2.24) is 24.8 Å². The summed E-state index contributed by atoms with van der Waals surface area (Å²) in [6.07, 6.45) is 5.41. The molecule has 0 radical (unpaired) electrons. The maximum atomic E-state index is 6.07. The van der Waals surface area contributed by atoms with Crippen molar-refractivity contribution in [3.63, 3.8) is 0 Å². The van der Waals surface area contributed by atoms with E-state index >= 15 is 0 Å². The van der Waals surface area contributed by atoms with Crippen LogP contribution in [0, 0.1) is 0 Å². The first kappa shape index (κ1) is 24.5. The zero-order chi connectivity index (χ0) is 25.6. The Bertz CT molecular complexity index is 1360. The first-order chi connectivity index (χ1) is 18.8. The van der Waals surface area contributed by atoms with E-state index in [1.807, 2.05) is 48.7 Å². The summed E-state index contributed by atoms with van der Waals surface area (Å²) in [6, 6.07) is 13.9. The maximum Gasteiger partial charge on any atom is 0.227 e. The molecule has 0 unspecified atom stereocenters. The number of rotatable bonds is 8. The van der Waals surface area contributed by atoms with Crippen molar-refractivity contribution in [2.45, 2.75) is 0 Å². The number of benzene rings is 1. The Morgan fingerprint density at radius 3 is 2.53 bits per heavy atom. The number of ether oxygens (including phenoxy) is 3. The van der Waals surface area contributed by atoms with Gasteiger partial charge in [0.15, 0.2) is 0 Å². The van der Waals surface area contributed by atoms with Crippen molar-refractivity contribution in [1.29, 1.82) is 0 Å². The monoisotopic (exact) mass is 513 g/mol. The molecule has 2 saturated heterocycles. The topological polar surface area (TPSA) is 97.8 Å². The largest absolute Gasteiger partial charge is 0.492 e. The van der Waals surface area contributed by atoms with Crippen LogP contribution < -0.4 is 15.0 Å². The fraction of sp³-hybridized carbons (Fsp3) is 0.357. The number of morpholine rings is 2. The smallest absolute Gasteiger partial charge is 0.227 e. The summed E-state index contributed by atoms with van der Waals surface area (Å²) in [4.78, 5) is 23.2. The van der Waals surface area contributed by atoms with Crippen LogP contribution in [0.5, 0.6) is 5.75 Å². The molecule has 10 heteroatoms. The van der Waals surface area contributed by atoms with Gasteiger partial charge in [-0.15, -0.1) is 0 Å². The van der Waals surface area contributed by atoms with Crippen molar-refractivity contribution >= 4 is 28.4 Å². The summed E-state index contributed by atoms with van der Waals surface area (Å²) in [5, 5.41) is 4.20. The van der Waals surface area contributed by atoms with E-state index in [1.165, 1.54) is 0 Å². The molecule has 6 rings (SSSR count). The van der Waals surface area contributed by atoms with Gasteiger partial charge in [-0.3, -0.25) is 9.88 Å². The number of hydrogen-bond acceptors (Lipinski definition) is 10. The van der Waals surface area contributed by atoms with Crippen LogP contribution in [0.2, 0.25) is 0 Å². The summed E-state index contributed by atoms with van der Waals surface area (Å²) in [7, 11) is 0. The van der Waals surface area contributed by atoms with E-state index in [1.54, 1.807) is 12.4 Å². The van der Waals surface area contributed by atoms with E-state index in [0.717, 1.165) is 98.6 Å². The molecule has 1 aromatic carbocycles. The van der Waals surface area contributed by atoms with Gasteiger partial charge >= 0.3 is 0 Å². The molecule has 0 spiro atoms. The number of fused-ring (bicyclic) bond motifs is 1. The van der Waals surface area contributed by atoms with Crippen LogP contribution in [0.25, 0.3) is 22.2 Å². The molecule has 0 aliphatic carbocycles. The highest BCUT2D eigenvalue weighted by Gasteiger charge is 2.14. The number of hydrogen-bond donors (Lipinski definition) is 1. The molecule has 0 saturated carbocycles. The molecule has 3 aromatic heterocycles. The van der Waals surface area contributed by atoms with Gasteiger partial charge in [0.1, 0.15) is 23.7 Å². The third-order valence-electron chi connectivity index (χ3n) is 6.73. The third-order valence-corrected chi connectivity index (χ3v) is 6.73. The van der Waals surface area contributed by atoms with Gasteiger partial charge < -0.3 is 24.4 Å². The minimum atomic E-state index is 0.491. The second-order valence-electron chi connectivity index (χ2n) is 9.25. The molecule has 2 fully saturated rings. The lowest BCUT2D eigenvalue weighted by atomic mass is 10.1. The summed E-state index contributed by atoms with van der Waals surface area (Å²) in [5.74, 6) is 2.25. The number of pyridine rings is 2. The average molecular weight is 514 g/mol. The predicted octanol–water partition coefficient (Wildman–Crippen LogP) is 3.38. The predicted molar refractivity (Wildman–Crippen MR) is 146 cm³/mol. The molecule has 38 heavy (non-hydrogen) atoms. The normalized spacial score (nSPS) is 16.5. The van der Waals surface area contributed by atoms with Crippen LogP contribution in [0.1, 0.15) is 0 Å². The Morgan fingerprint density at radius 2 is 1.71 bits per heavy atom. The van der Waals surface area contributed by atoms with Crippen molar-refractivity contribution < 1.29 is 14.2 Å². The minimum absolute atomic E-state index is 0.491. The van der Waals surface area contributed by atoms with E-state index < -0.39 is 0 Å². The van der Waals surface area contributed by atoms with Crippen LogP contribution in [0.4, 0.5) is 17.5 Å². The summed E-state index contributed by atoms with van der Waals surface area (Å²) in [5.41, 5.74) is 3.32. The summed E-state index contributed by atoms with van der Waals surface area (Å²) >= 11 is 0. The molecule has 0 amide bonds. The second-order valence-corrected chi connectivity index (χ2v) is 9.25. The lowest BCUT2D eigenvalue weighted by Crippen LogP contribution is -2.38. The highest BCUT2D eigenvalue weighted by Crippen LogP contribution is 2.28. The Kier molecular flexibility index (Phi) is 7.52. The van der Waals surface area contributed by atoms with Crippen LogP contribution in [0.3, 0.4) is 0 Å². The highest BCUT2D eigenvalue weighted by atomic mass is 16.5. The molecule has 0 atom stereocenters. The lowest BCUT2D eigenvalue weighted by Gasteiger charge is -2.27. The zero-order valence-electron chi connectivity index (χ0n) is 21.3. The van der Waals surface area contributed by atoms with Crippen LogP contribution in [-0.2, 0) is 9.47 Å². The van der Waals surface area contributed by atoms with E-state index in [-0.39, 0.29) is 0 Å². The Balaban J connectivity index is 1.17. The average Bonchev–Trinajstić information content (AvgIpc) is 2.98. The molecule has 4 aromatic rings. The van der Waals surface area contributed by atoms with Crippen molar-refractivity contribution in [2.75, 3.05) is 76.0 Å². The molecule has 10 nitrogen and oxygen atoms in total. The molecule has 1 N–H and O–H groups in total. The van der Waals surface area contributed by atoms with Gasteiger partial charge in [-0.05, 0) is 30.3 Å². The molecule has 196 valence electrons. The fourth-order valence-corrected chi connectivity index (χ4v) is 4.65. The highest BCUT2D eigenvalue weighted by molar-refractivity contribution is 5.91. The quantitative estimate of drug-likeness (QED) is 0.378. The number of nitrogens with one attached hydrogen (secondary N) is 1. The molecular weight excluding hydrogens is 482 g/mol. The van der Waals surface area contributed by atoms with E-state index in [9.17, 15) is 0 Å². The molecule has 5 heterocycles. The first-order valence-corrected chi connectivity index (χ1v) is 13.0. The number of aromatic nitrogens is 4. The number of nitrogens with zero attached hydrogens (tertiary/aromatic N) is 6. The van der Waals surface area contributed by atoms with Gasteiger partial charge in [0, 0.05) is 56.1 Å². The Morgan fingerprint density at radius 1 is 0.868 bits per heavy atom. The van der Waals surface area contributed by atoms with Gasteiger partial charge in [-0.25, -0.2) is 15.0 Å². The second kappa shape index (κ2) is 11.7. The van der Waals surface area contributed by atoms with Crippen molar-refractivity contribution in [3.8, 4) is 17.0 Å². The van der Waals surface area contributed by atoms with Gasteiger partial charge in [0.05, 0.1) is 44.0 Å². The van der Waals surface area contributed by atoms with E-state index in [2.05, 4.69) is 30.1 Å². The SMILES string of the molecule is c1cc(OCCN2CCOCC2)cc(-c2nccc3cnc(Nc4ccc(N5CCOCC5)nc4)nc23)c1. The maximum absolute atomic E-state index is 6.07. The summed E-state index contributed by atoms with van der Waals surface area (Å²) < 4.78 is 16.9. The zero-order valence-corrected chi connectivity index (χ0v) is 21.3. The van der Waals surface area contributed by atoms with Gasteiger partial charge in [0.25, 0.3) is 0 Å². The Hall–Kier alpha value is -3.86. The van der Waals surface area contributed by atoms with Crippen LogP contribution >= 0.6 is 0 Å². The first-order valence-electron chi connectivity index (χ1n) is 13.0. The van der Waals surface area contributed by atoms with Crippen LogP contribution in [0.15, 0.2) is 61.1 Å². The molecular formula is C28H31N7O3. The van der Waals surface area contributed by atoms with E-state index in [4.69, 9.17) is 19.2 Å². The van der Waals surface area contributed by atoms with E-state index in [0.29, 0.717) is 12.6 Å². The fourth-order valence-electron chi connectivity index (χ4n) is 4.65. The minimum Gasteiger partial charge on any atom is -0.492 e. The van der Waals surface area contributed by atoms with Gasteiger partial charge in [0.2, 0.25) is 5.95 Å². The van der Waals surface area contributed by atoms with Crippen LogP contribution in [-0.4, -0.2) is 90.6 Å². The van der Waals surface area contributed by atoms with Crippen molar-refractivity contribution in [3.05, 3.63) is 61.1 Å². The number of anilines is 3.